The average Bonchev–Trinajstić information content (AvgIpc) is 2.77. The Hall–Kier alpha value is -1.30. The molecule has 24 heavy (non-hydrogen) atoms. The van der Waals surface area contributed by atoms with Crippen LogP contribution in [0, 0.1) is 20.8 Å². The molecule has 3 N–H and O–H groups in total. The highest BCUT2D eigenvalue weighted by atomic mass is 16.5. The second-order valence-corrected chi connectivity index (χ2v) is 7.83. The molecule has 1 unspecified atom stereocenters. The van der Waals surface area contributed by atoms with Gasteiger partial charge in [0.2, 0.25) is 0 Å². The Kier molecular flexibility index (Phi) is 5.19. The molecule has 136 valence electrons. The van der Waals surface area contributed by atoms with Crippen LogP contribution >= 0.6 is 0 Å². The molecule has 0 aromatic heterocycles. The first-order valence-corrected chi connectivity index (χ1v) is 8.65. The molecule has 0 aliphatic carbocycles. The summed E-state index contributed by atoms with van der Waals surface area (Å²) in [6.07, 6.45) is 0. The number of hydrogen-bond acceptors (Lipinski definition) is 4. The highest BCUT2D eigenvalue weighted by molar-refractivity contribution is 5.61. The lowest BCUT2D eigenvalue weighted by atomic mass is 9.82. The Morgan fingerprint density at radius 3 is 2.21 bits per heavy atom. The standard InChI is InChI=1S/C19H30N2O2.H2O/c1-12-13(2)18-16(14(3)17(12)22)15(19(4,5)23-18)11-21-9-7-20(6)8-10-21;/h15,22H,7-11H2,1-6H3;1H2. The number of phenols is 1. The monoisotopic (exact) mass is 336 g/mol. The molecular weight excluding hydrogens is 304 g/mol. The predicted octanol–water partition coefficient (Wildman–Crippen LogP) is 1.99. The first-order valence-electron chi connectivity index (χ1n) is 8.65. The normalized spacial score (nSPS) is 23.5. The molecule has 1 aromatic carbocycles. The van der Waals surface area contributed by atoms with E-state index in [2.05, 4.69) is 37.6 Å². The van der Waals surface area contributed by atoms with E-state index in [1.54, 1.807) is 0 Å². The van der Waals surface area contributed by atoms with Crippen LogP contribution in [-0.4, -0.2) is 65.8 Å². The Morgan fingerprint density at radius 1 is 1.04 bits per heavy atom. The minimum absolute atomic E-state index is 0. The van der Waals surface area contributed by atoms with E-state index in [9.17, 15) is 5.11 Å². The van der Waals surface area contributed by atoms with E-state index in [0.29, 0.717) is 11.7 Å². The van der Waals surface area contributed by atoms with E-state index in [-0.39, 0.29) is 11.1 Å². The highest BCUT2D eigenvalue weighted by Gasteiger charge is 2.44. The molecule has 1 saturated heterocycles. The smallest absolute Gasteiger partial charge is 0.127 e. The van der Waals surface area contributed by atoms with Crippen molar-refractivity contribution in [2.24, 2.45) is 0 Å². The summed E-state index contributed by atoms with van der Waals surface area (Å²) < 4.78 is 6.37. The third kappa shape index (κ3) is 3.01. The van der Waals surface area contributed by atoms with E-state index < -0.39 is 0 Å². The number of ether oxygens (including phenoxy) is 1. The summed E-state index contributed by atoms with van der Waals surface area (Å²) in [5.74, 6) is 1.74. The van der Waals surface area contributed by atoms with Gasteiger partial charge in [0.1, 0.15) is 17.1 Å². The summed E-state index contributed by atoms with van der Waals surface area (Å²) >= 11 is 0. The second kappa shape index (κ2) is 6.54. The van der Waals surface area contributed by atoms with Gasteiger partial charge in [0.05, 0.1) is 0 Å². The summed E-state index contributed by atoms with van der Waals surface area (Å²) in [5, 5.41) is 10.5. The fourth-order valence-electron chi connectivity index (χ4n) is 3.96. The van der Waals surface area contributed by atoms with Gasteiger partial charge in [-0.3, -0.25) is 0 Å². The van der Waals surface area contributed by atoms with Gasteiger partial charge in [-0.15, -0.1) is 0 Å². The first kappa shape index (κ1) is 19.0. The molecule has 0 amide bonds. The van der Waals surface area contributed by atoms with Gasteiger partial charge < -0.3 is 25.1 Å². The summed E-state index contributed by atoms with van der Waals surface area (Å²) in [4.78, 5) is 4.92. The van der Waals surface area contributed by atoms with Crippen molar-refractivity contribution in [2.75, 3.05) is 39.8 Å². The zero-order valence-corrected chi connectivity index (χ0v) is 15.9. The number of benzene rings is 1. The minimum atomic E-state index is -0.235. The third-order valence-electron chi connectivity index (χ3n) is 5.85. The van der Waals surface area contributed by atoms with E-state index in [1.807, 2.05) is 13.8 Å². The lowest BCUT2D eigenvalue weighted by molar-refractivity contribution is 0.0745. The molecule has 2 aliphatic heterocycles. The summed E-state index contributed by atoms with van der Waals surface area (Å²) in [5.41, 5.74) is 4.00. The lowest BCUT2D eigenvalue weighted by Gasteiger charge is -2.36. The van der Waals surface area contributed by atoms with Crippen molar-refractivity contribution < 1.29 is 15.3 Å². The van der Waals surface area contributed by atoms with Crippen LogP contribution < -0.4 is 4.74 Å². The number of hydrogen-bond donors (Lipinski definition) is 1. The number of aromatic hydroxyl groups is 1. The van der Waals surface area contributed by atoms with E-state index >= 15 is 0 Å². The second-order valence-electron chi connectivity index (χ2n) is 7.83. The largest absolute Gasteiger partial charge is 0.507 e. The van der Waals surface area contributed by atoms with Gasteiger partial charge in [0.25, 0.3) is 0 Å². The van der Waals surface area contributed by atoms with Gasteiger partial charge in [0, 0.05) is 44.2 Å². The molecule has 1 fully saturated rings. The van der Waals surface area contributed by atoms with Crippen molar-refractivity contribution in [1.82, 2.24) is 9.80 Å². The summed E-state index contributed by atoms with van der Waals surface area (Å²) in [7, 11) is 2.18. The molecule has 0 bridgehead atoms. The molecule has 3 rings (SSSR count). The van der Waals surface area contributed by atoms with E-state index in [0.717, 1.165) is 55.2 Å². The number of fused-ring (bicyclic) bond motifs is 1. The molecule has 2 heterocycles. The van der Waals surface area contributed by atoms with Crippen LogP contribution in [0.5, 0.6) is 11.5 Å². The zero-order valence-electron chi connectivity index (χ0n) is 15.9. The number of piperazine rings is 1. The van der Waals surface area contributed by atoms with Crippen molar-refractivity contribution in [3.05, 3.63) is 22.3 Å². The molecular formula is C19H32N2O3. The maximum atomic E-state index is 10.5. The van der Waals surface area contributed by atoms with Crippen molar-refractivity contribution in [1.29, 1.82) is 0 Å². The van der Waals surface area contributed by atoms with Gasteiger partial charge in [-0.1, -0.05) is 0 Å². The molecule has 0 spiro atoms. The zero-order chi connectivity index (χ0) is 16.9. The van der Waals surface area contributed by atoms with Crippen LogP contribution in [0.4, 0.5) is 0 Å². The summed E-state index contributed by atoms with van der Waals surface area (Å²) in [6.45, 7) is 15.9. The molecule has 1 aromatic rings. The highest BCUT2D eigenvalue weighted by Crippen LogP contribution is 2.51. The van der Waals surface area contributed by atoms with Gasteiger partial charge in [-0.25, -0.2) is 0 Å². The first-order chi connectivity index (χ1) is 10.7. The van der Waals surface area contributed by atoms with E-state index in [1.165, 1.54) is 5.56 Å². The molecule has 5 nitrogen and oxygen atoms in total. The van der Waals surface area contributed by atoms with Crippen molar-refractivity contribution >= 4 is 0 Å². The Balaban J connectivity index is 0.00000208. The molecule has 2 aliphatic rings. The molecule has 5 heteroatoms. The van der Waals surface area contributed by atoms with Gasteiger partial charge in [-0.2, -0.15) is 0 Å². The number of rotatable bonds is 2. The van der Waals surface area contributed by atoms with Crippen LogP contribution in [0.25, 0.3) is 0 Å². The van der Waals surface area contributed by atoms with Crippen LogP contribution in [0.15, 0.2) is 0 Å². The van der Waals surface area contributed by atoms with Gasteiger partial charge in [-0.05, 0) is 58.4 Å². The third-order valence-corrected chi connectivity index (χ3v) is 5.85. The fraction of sp³-hybridized carbons (Fsp3) is 0.684. The number of phenolic OH excluding ortho intramolecular Hbond substituents is 1. The minimum Gasteiger partial charge on any atom is -0.507 e. The predicted molar refractivity (Wildman–Crippen MR) is 97.3 cm³/mol. The van der Waals surface area contributed by atoms with Crippen molar-refractivity contribution in [2.45, 2.75) is 46.1 Å². The summed E-state index contributed by atoms with van der Waals surface area (Å²) in [6, 6.07) is 0. The van der Waals surface area contributed by atoms with E-state index in [4.69, 9.17) is 4.74 Å². The topological polar surface area (TPSA) is 67.4 Å². The fourth-order valence-corrected chi connectivity index (χ4v) is 3.96. The molecule has 1 atom stereocenters. The Morgan fingerprint density at radius 2 is 1.62 bits per heavy atom. The van der Waals surface area contributed by atoms with Gasteiger partial charge in [0.15, 0.2) is 0 Å². The SMILES string of the molecule is Cc1c(C)c2c(c(C)c1O)C(CN1CCN(C)CC1)C(C)(C)O2.O. The van der Waals surface area contributed by atoms with Crippen molar-refractivity contribution in [3.8, 4) is 11.5 Å². The average molecular weight is 336 g/mol. The molecule has 0 saturated carbocycles. The van der Waals surface area contributed by atoms with Crippen LogP contribution in [-0.2, 0) is 0 Å². The maximum Gasteiger partial charge on any atom is 0.127 e. The van der Waals surface area contributed by atoms with Crippen molar-refractivity contribution in [3.63, 3.8) is 0 Å². The maximum absolute atomic E-state index is 10.5. The lowest BCUT2D eigenvalue weighted by Crippen LogP contribution is -2.48. The van der Waals surface area contributed by atoms with Gasteiger partial charge >= 0.3 is 0 Å². The Labute approximate surface area is 145 Å². The van der Waals surface area contributed by atoms with Crippen LogP contribution in [0.2, 0.25) is 0 Å². The number of nitrogens with zero attached hydrogens (tertiary/aromatic N) is 2. The van der Waals surface area contributed by atoms with Crippen LogP contribution in [0.1, 0.15) is 42.0 Å². The Bertz CT molecular complexity index is 620. The number of likely N-dealkylation sites (N-methyl/N-ethyl adjacent to an activating group) is 1. The molecule has 0 radical (unpaired) electrons. The van der Waals surface area contributed by atoms with Crippen LogP contribution in [0.3, 0.4) is 0 Å². The quantitative estimate of drug-likeness (QED) is 0.897.